The first-order valence-electron chi connectivity index (χ1n) is 30.3. The van der Waals surface area contributed by atoms with Gasteiger partial charge in [0.25, 0.3) is 6.71 Å². The topological polar surface area (TPSA) is 36.0 Å². The third-order valence-corrected chi connectivity index (χ3v) is 20.3. The van der Waals surface area contributed by atoms with E-state index in [1.807, 2.05) is 11.8 Å². The molecule has 6 heterocycles. The fourth-order valence-electron chi connectivity index (χ4n) is 15.3. The van der Waals surface area contributed by atoms with Crippen LogP contribution in [0.2, 0.25) is 0 Å². The van der Waals surface area contributed by atoms with E-state index in [9.17, 15) is 0 Å². The number of nitrogens with zero attached hydrogens (tertiary/aromatic N) is 3. The maximum Gasteiger partial charge on any atom is 0.252 e. The Hall–Kier alpha value is -10.9. The molecule has 0 N–H and O–H groups in total. The van der Waals surface area contributed by atoms with Gasteiger partial charge in [0.05, 0.1) is 0 Å². The third-order valence-electron chi connectivity index (χ3n) is 19.2. The van der Waals surface area contributed by atoms with Crippen LogP contribution in [0, 0.1) is 0 Å². The van der Waals surface area contributed by atoms with Crippen LogP contribution in [0.15, 0.2) is 304 Å². The highest BCUT2D eigenvalue weighted by atomic mass is 32.2. The molecule has 4 aliphatic heterocycles. The van der Waals surface area contributed by atoms with Gasteiger partial charge in [-0.3, -0.25) is 0 Å². The molecule has 8 heteroatoms. The smallest absolute Gasteiger partial charge is 0.252 e. The van der Waals surface area contributed by atoms with Crippen molar-refractivity contribution in [1.29, 1.82) is 0 Å². The fraction of sp³-hybridized carbons (Fsp3) is 0. The molecule has 5 nitrogen and oxygen atoms in total. The second-order valence-electron chi connectivity index (χ2n) is 23.9. The van der Waals surface area contributed by atoms with Crippen LogP contribution >= 0.6 is 11.8 Å². The normalized spacial score (nSPS) is 13.5. The second-order valence-corrected chi connectivity index (χ2v) is 25.0. The Morgan fingerprint density at radius 2 is 0.659 bits per heavy atom. The van der Waals surface area contributed by atoms with E-state index in [0.717, 1.165) is 88.9 Å². The van der Waals surface area contributed by atoms with Crippen LogP contribution in [0.5, 0.6) is 0 Å². The number of anilines is 9. The van der Waals surface area contributed by atoms with Crippen molar-refractivity contribution < 1.29 is 8.83 Å². The van der Waals surface area contributed by atoms with Gasteiger partial charge in [0.15, 0.2) is 0 Å². The van der Waals surface area contributed by atoms with Crippen molar-refractivity contribution in [2.45, 2.75) is 9.79 Å². The summed E-state index contributed by atoms with van der Waals surface area (Å²) in [6, 6.07) is 106. The molecule has 0 fully saturated rings. The molecule has 20 rings (SSSR count). The Bertz CT molecular complexity index is 5670. The Balaban J connectivity index is 0.830. The van der Waals surface area contributed by atoms with Crippen molar-refractivity contribution in [2.24, 2.45) is 0 Å². The van der Waals surface area contributed by atoms with E-state index in [2.05, 4.69) is 300 Å². The van der Waals surface area contributed by atoms with E-state index in [0.29, 0.717) is 0 Å². The first-order valence-corrected chi connectivity index (χ1v) is 31.1. The molecular formula is C80H47B2N3O2S. The predicted molar refractivity (Wildman–Crippen MR) is 371 cm³/mol. The third kappa shape index (κ3) is 6.97. The van der Waals surface area contributed by atoms with Crippen molar-refractivity contribution in [1.82, 2.24) is 0 Å². The Morgan fingerprint density at radius 3 is 1.17 bits per heavy atom. The molecule has 88 heavy (non-hydrogen) atoms. The van der Waals surface area contributed by atoms with Gasteiger partial charge in [0.1, 0.15) is 22.3 Å². The van der Waals surface area contributed by atoms with Gasteiger partial charge in [-0.1, -0.05) is 175 Å². The van der Waals surface area contributed by atoms with E-state index >= 15 is 0 Å². The summed E-state index contributed by atoms with van der Waals surface area (Å²) in [6.07, 6.45) is 0. The maximum absolute atomic E-state index is 6.62. The maximum atomic E-state index is 6.62. The van der Waals surface area contributed by atoms with E-state index in [4.69, 9.17) is 8.83 Å². The molecule has 406 valence electrons. The lowest BCUT2D eigenvalue weighted by Crippen LogP contribution is -2.64. The van der Waals surface area contributed by atoms with Crippen molar-refractivity contribution in [3.05, 3.63) is 285 Å². The average Bonchev–Trinajstić information content (AvgIpc) is 0.862. The summed E-state index contributed by atoms with van der Waals surface area (Å²) in [5, 5.41) is 9.21. The molecule has 0 radical (unpaired) electrons. The van der Waals surface area contributed by atoms with E-state index in [1.54, 1.807) is 0 Å². The Kier molecular flexibility index (Phi) is 10.1. The molecule has 2 aromatic heterocycles. The summed E-state index contributed by atoms with van der Waals surface area (Å²) in [4.78, 5) is 10.1. The van der Waals surface area contributed by atoms with Crippen LogP contribution < -0.4 is 47.5 Å². The molecule has 0 amide bonds. The molecule has 0 spiro atoms. The molecule has 14 aromatic carbocycles. The van der Waals surface area contributed by atoms with Gasteiger partial charge < -0.3 is 23.5 Å². The van der Waals surface area contributed by atoms with Crippen LogP contribution in [-0.4, -0.2) is 13.4 Å². The molecule has 0 saturated carbocycles. The lowest BCUT2D eigenvalue weighted by Gasteiger charge is -2.45. The quantitative estimate of drug-likeness (QED) is 0.160. The van der Waals surface area contributed by atoms with E-state index < -0.39 is 0 Å². The summed E-state index contributed by atoms with van der Waals surface area (Å²) >= 11 is 1.91. The summed E-state index contributed by atoms with van der Waals surface area (Å²) < 4.78 is 13.2. The van der Waals surface area contributed by atoms with Crippen molar-refractivity contribution >= 4 is 175 Å². The summed E-state index contributed by atoms with van der Waals surface area (Å²) in [6.45, 7) is -0.144. The highest BCUT2D eigenvalue weighted by Gasteiger charge is 2.47. The fourth-order valence-corrected chi connectivity index (χ4v) is 16.5. The molecular weight excluding hydrogens is 1090 g/mol. The number of furan rings is 2. The first-order chi connectivity index (χ1) is 43.6. The van der Waals surface area contributed by atoms with Crippen LogP contribution in [-0.2, 0) is 0 Å². The predicted octanol–water partition coefficient (Wildman–Crippen LogP) is 18.0. The zero-order valence-corrected chi connectivity index (χ0v) is 48.2. The lowest BCUT2D eigenvalue weighted by atomic mass is 9.31. The highest BCUT2D eigenvalue weighted by molar-refractivity contribution is 8.00. The van der Waals surface area contributed by atoms with Gasteiger partial charge >= 0.3 is 0 Å². The molecule has 0 atom stereocenters. The molecule has 0 saturated heterocycles. The van der Waals surface area contributed by atoms with Crippen LogP contribution in [0.3, 0.4) is 0 Å². The number of para-hydroxylation sites is 5. The van der Waals surface area contributed by atoms with Gasteiger partial charge in [0.2, 0.25) is 6.71 Å². The minimum absolute atomic E-state index is 0.0506. The van der Waals surface area contributed by atoms with E-state index in [-0.39, 0.29) is 13.4 Å². The summed E-state index contributed by atoms with van der Waals surface area (Å²) in [5.74, 6) is 0. The number of rotatable bonds is 5. The van der Waals surface area contributed by atoms with Crippen molar-refractivity contribution in [2.75, 3.05) is 14.7 Å². The highest BCUT2D eigenvalue weighted by Crippen LogP contribution is 2.50. The van der Waals surface area contributed by atoms with Gasteiger partial charge in [-0.15, -0.1) is 0 Å². The first kappa shape index (κ1) is 48.3. The minimum atomic E-state index is -0.0937. The minimum Gasteiger partial charge on any atom is -0.456 e. The van der Waals surface area contributed by atoms with Crippen molar-refractivity contribution in [3.8, 4) is 22.3 Å². The number of hydrogen-bond acceptors (Lipinski definition) is 6. The van der Waals surface area contributed by atoms with Crippen LogP contribution in [0.4, 0.5) is 51.2 Å². The van der Waals surface area contributed by atoms with E-state index in [1.165, 1.54) is 92.5 Å². The molecule has 0 bridgehead atoms. The van der Waals surface area contributed by atoms with Gasteiger partial charge in [-0.2, -0.15) is 0 Å². The second kappa shape index (κ2) is 18.3. The zero-order valence-electron chi connectivity index (χ0n) is 47.4. The summed E-state index contributed by atoms with van der Waals surface area (Å²) in [5.41, 5.74) is 26.4. The monoisotopic (exact) mass is 1140 g/mol. The largest absolute Gasteiger partial charge is 0.456 e. The number of benzene rings is 14. The van der Waals surface area contributed by atoms with Gasteiger partial charge in [-0.05, 0) is 199 Å². The molecule has 0 aliphatic carbocycles. The standard InChI is InChI=1S/C80H47B2N3O2S/c1-4-22-56(23-5-1)83-67-30-16-14-28-63(67)81-65-46-66-77(47-69(65)85(58-26-8-3-9-27-58)71-41-54(40-70(83)79(71)81)52-32-34-73-59(38-52)61-36-48-18-10-12-20-50(48)43-75(61)86-73)88-78-45-55(53-33-35-74-60(39-53)62-37-49-19-11-13-21-51(49)44-76(62)87-74)42-72-80(78)82(66)64-29-15-17-31-68(64)84(72)57-24-6-2-7-25-57/h1-47H. The van der Waals surface area contributed by atoms with Gasteiger partial charge in [0, 0.05) is 82.5 Å². The summed E-state index contributed by atoms with van der Waals surface area (Å²) in [7, 11) is 0. The average molecular weight is 1140 g/mol. The zero-order chi connectivity index (χ0) is 57.3. The molecule has 4 aliphatic rings. The van der Waals surface area contributed by atoms with Crippen LogP contribution in [0.25, 0.3) is 87.7 Å². The van der Waals surface area contributed by atoms with Crippen molar-refractivity contribution in [3.63, 3.8) is 0 Å². The van der Waals surface area contributed by atoms with Gasteiger partial charge in [-0.25, -0.2) is 0 Å². The molecule has 0 unspecified atom stereocenters. The SMILES string of the molecule is c1ccc(N2c3ccccc3B3c4cc5c(cc4Sc4cc(-c6ccc7oc8cc9ccccc9cc8c7c6)cc2c43)N(c2ccccc2)c2cc(-c3ccc4oc6cc7ccccc7cc6c4c3)cc3c2B5c2ccccc2N3c2ccccc2)cc1. The Labute approximate surface area is 512 Å². The number of fused-ring (bicyclic) bond motifs is 16. The molecule has 16 aromatic rings. The van der Waals surface area contributed by atoms with Crippen LogP contribution in [0.1, 0.15) is 0 Å². The number of hydrogen-bond donors (Lipinski definition) is 0. The lowest BCUT2D eigenvalue weighted by molar-refractivity contribution is 0.669. The Morgan fingerprint density at radius 1 is 0.250 bits per heavy atom.